The molecule has 2 N–H and O–H groups in total. The first-order valence-corrected chi connectivity index (χ1v) is 5.61. The van der Waals surface area contributed by atoms with E-state index in [0.717, 1.165) is 12.3 Å². The van der Waals surface area contributed by atoms with Crippen molar-refractivity contribution in [1.82, 2.24) is 10.6 Å². The van der Waals surface area contributed by atoms with Crippen LogP contribution in [0.5, 0.6) is 5.75 Å². The number of aryl methyl sites for hydroxylation is 2. The Morgan fingerprint density at radius 1 is 1.19 bits per heavy atom. The maximum atomic E-state index is 5.44. The van der Waals surface area contributed by atoms with Crippen LogP contribution < -0.4 is 15.4 Å². The van der Waals surface area contributed by atoms with E-state index >= 15 is 0 Å². The van der Waals surface area contributed by atoms with Gasteiger partial charge in [-0.25, -0.2) is 0 Å². The van der Waals surface area contributed by atoms with Crippen molar-refractivity contribution in [2.24, 2.45) is 0 Å². The normalized spacial score (nSPS) is 12.6. The first-order chi connectivity index (χ1) is 7.63. The van der Waals surface area contributed by atoms with E-state index in [1.807, 2.05) is 14.1 Å². The molecule has 0 saturated heterocycles. The molecule has 0 radical (unpaired) electrons. The van der Waals surface area contributed by atoms with Gasteiger partial charge < -0.3 is 15.4 Å². The van der Waals surface area contributed by atoms with E-state index in [9.17, 15) is 0 Å². The molecule has 1 aromatic rings. The second-order valence-corrected chi connectivity index (χ2v) is 4.08. The molecule has 0 spiro atoms. The average Bonchev–Trinajstić information content (AvgIpc) is 2.29. The molecule has 0 amide bonds. The van der Waals surface area contributed by atoms with E-state index < -0.39 is 0 Å². The van der Waals surface area contributed by atoms with Crippen molar-refractivity contribution in [3.63, 3.8) is 0 Å². The summed E-state index contributed by atoms with van der Waals surface area (Å²) in [5, 5.41) is 6.48. The van der Waals surface area contributed by atoms with Gasteiger partial charge in [-0.1, -0.05) is 6.07 Å². The summed E-state index contributed by atoms with van der Waals surface area (Å²) in [6.07, 6.45) is 0. The second kappa shape index (κ2) is 5.87. The predicted octanol–water partition coefficient (Wildman–Crippen LogP) is 1.79. The summed E-state index contributed by atoms with van der Waals surface area (Å²) in [5.41, 5.74) is 3.77. The van der Waals surface area contributed by atoms with Gasteiger partial charge >= 0.3 is 0 Å². The van der Waals surface area contributed by atoms with Gasteiger partial charge in [0, 0.05) is 18.2 Å². The number of methoxy groups -OCH3 is 1. The third-order valence-electron chi connectivity index (χ3n) is 2.98. The number of likely N-dealkylation sites (N-methyl/N-ethyl adjacent to an activating group) is 2. The smallest absolute Gasteiger partial charge is 0.123 e. The molecular weight excluding hydrogens is 200 g/mol. The molecule has 16 heavy (non-hydrogen) atoms. The van der Waals surface area contributed by atoms with Gasteiger partial charge in [0.1, 0.15) is 5.75 Å². The van der Waals surface area contributed by atoms with E-state index in [0.29, 0.717) is 0 Å². The molecule has 3 heteroatoms. The quantitative estimate of drug-likeness (QED) is 0.797. The summed E-state index contributed by atoms with van der Waals surface area (Å²) in [6, 6.07) is 4.58. The van der Waals surface area contributed by atoms with Gasteiger partial charge in [-0.2, -0.15) is 0 Å². The Morgan fingerprint density at radius 3 is 2.31 bits per heavy atom. The molecule has 0 heterocycles. The standard InChI is InChI=1S/C13H22N2O/c1-9-6-11(12(15-4)8-14-3)13(16-5)7-10(9)2/h6-7,12,14-15H,8H2,1-5H3. The first kappa shape index (κ1) is 13.0. The van der Waals surface area contributed by atoms with E-state index in [-0.39, 0.29) is 6.04 Å². The Labute approximate surface area is 98.2 Å². The number of nitrogens with one attached hydrogen (secondary N) is 2. The van der Waals surface area contributed by atoms with Crippen LogP contribution in [-0.2, 0) is 0 Å². The molecule has 3 nitrogen and oxygen atoms in total. The number of ether oxygens (including phenoxy) is 1. The summed E-state index contributed by atoms with van der Waals surface area (Å²) in [6.45, 7) is 5.12. The maximum Gasteiger partial charge on any atom is 0.123 e. The molecule has 0 bridgehead atoms. The molecule has 0 fully saturated rings. The van der Waals surface area contributed by atoms with Crippen LogP contribution in [-0.4, -0.2) is 27.7 Å². The highest BCUT2D eigenvalue weighted by Crippen LogP contribution is 2.28. The fourth-order valence-corrected chi connectivity index (χ4v) is 1.83. The van der Waals surface area contributed by atoms with Gasteiger partial charge in [-0.05, 0) is 45.1 Å². The Morgan fingerprint density at radius 2 is 1.81 bits per heavy atom. The number of rotatable bonds is 5. The molecule has 0 aliphatic heterocycles. The van der Waals surface area contributed by atoms with Crippen LogP contribution in [0.25, 0.3) is 0 Å². The summed E-state index contributed by atoms with van der Waals surface area (Å²) in [7, 11) is 5.65. The van der Waals surface area contributed by atoms with Crippen molar-refractivity contribution >= 4 is 0 Å². The molecule has 0 aliphatic carbocycles. The minimum atomic E-state index is 0.277. The summed E-state index contributed by atoms with van der Waals surface area (Å²) in [4.78, 5) is 0. The number of benzene rings is 1. The Kier molecular flexibility index (Phi) is 4.77. The van der Waals surface area contributed by atoms with Crippen LogP contribution in [0, 0.1) is 13.8 Å². The van der Waals surface area contributed by atoms with Crippen molar-refractivity contribution in [1.29, 1.82) is 0 Å². The zero-order valence-electron chi connectivity index (χ0n) is 10.8. The van der Waals surface area contributed by atoms with Crippen molar-refractivity contribution < 1.29 is 4.74 Å². The monoisotopic (exact) mass is 222 g/mol. The Hall–Kier alpha value is -1.06. The van der Waals surface area contributed by atoms with E-state index in [1.54, 1.807) is 7.11 Å². The molecule has 1 atom stereocenters. The van der Waals surface area contributed by atoms with Crippen LogP contribution in [0.1, 0.15) is 22.7 Å². The van der Waals surface area contributed by atoms with E-state index in [2.05, 4.69) is 36.6 Å². The van der Waals surface area contributed by atoms with Crippen molar-refractivity contribution in [2.45, 2.75) is 19.9 Å². The summed E-state index contributed by atoms with van der Waals surface area (Å²) in [5.74, 6) is 0.956. The molecule has 0 aliphatic rings. The minimum Gasteiger partial charge on any atom is -0.496 e. The fourth-order valence-electron chi connectivity index (χ4n) is 1.83. The van der Waals surface area contributed by atoms with E-state index in [4.69, 9.17) is 4.74 Å². The van der Waals surface area contributed by atoms with Crippen molar-refractivity contribution in [3.8, 4) is 5.75 Å². The first-order valence-electron chi connectivity index (χ1n) is 5.61. The van der Waals surface area contributed by atoms with Gasteiger partial charge in [0.25, 0.3) is 0 Å². The molecule has 1 rings (SSSR count). The third kappa shape index (κ3) is 2.74. The molecular formula is C13H22N2O. The molecule has 1 unspecified atom stereocenters. The molecule has 0 aromatic heterocycles. The van der Waals surface area contributed by atoms with Crippen molar-refractivity contribution in [2.75, 3.05) is 27.7 Å². The molecule has 0 saturated carbocycles. The topological polar surface area (TPSA) is 33.3 Å². The Balaban J connectivity index is 3.13. The SMILES string of the molecule is CNCC(NC)c1cc(C)c(C)cc1OC. The Bertz CT molecular complexity index is 350. The molecule has 1 aromatic carbocycles. The average molecular weight is 222 g/mol. The lowest BCUT2D eigenvalue weighted by molar-refractivity contribution is 0.399. The largest absolute Gasteiger partial charge is 0.496 e. The highest BCUT2D eigenvalue weighted by molar-refractivity contribution is 5.43. The van der Waals surface area contributed by atoms with Gasteiger partial charge in [0.2, 0.25) is 0 Å². The fraction of sp³-hybridized carbons (Fsp3) is 0.538. The van der Waals surface area contributed by atoms with Gasteiger partial charge in [0.15, 0.2) is 0 Å². The van der Waals surface area contributed by atoms with Crippen LogP contribution in [0.2, 0.25) is 0 Å². The zero-order chi connectivity index (χ0) is 12.1. The van der Waals surface area contributed by atoms with Gasteiger partial charge in [-0.3, -0.25) is 0 Å². The highest BCUT2D eigenvalue weighted by atomic mass is 16.5. The number of hydrogen-bond acceptors (Lipinski definition) is 3. The van der Waals surface area contributed by atoms with E-state index in [1.165, 1.54) is 16.7 Å². The highest BCUT2D eigenvalue weighted by Gasteiger charge is 2.14. The van der Waals surface area contributed by atoms with Crippen LogP contribution in [0.4, 0.5) is 0 Å². The lowest BCUT2D eigenvalue weighted by Gasteiger charge is -2.20. The van der Waals surface area contributed by atoms with Crippen LogP contribution in [0.15, 0.2) is 12.1 Å². The predicted molar refractivity (Wildman–Crippen MR) is 68.2 cm³/mol. The third-order valence-corrected chi connectivity index (χ3v) is 2.98. The van der Waals surface area contributed by atoms with Crippen LogP contribution in [0.3, 0.4) is 0 Å². The summed E-state index contributed by atoms with van der Waals surface area (Å²) >= 11 is 0. The second-order valence-electron chi connectivity index (χ2n) is 4.08. The minimum absolute atomic E-state index is 0.277. The van der Waals surface area contributed by atoms with Gasteiger partial charge in [-0.15, -0.1) is 0 Å². The molecule has 90 valence electrons. The number of hydrogen-bond donors (Lipinski definition) is 2. The summed E-state index contributed by atoms with van der Waals surface area (Å²) < 4.78 is 5.44. The lowest BCUT2D eigenvalue weighted by atomic mass is 9.99. The lowest BCUT2D eigenvalue weighted by Crippen LogP contribution is -2.27. The zero-order valence-corrected chi connectivity index (χ0v) is 10.8. The maximum absolute atomic E-state index is 5.44. The van der Waals surface area contributed by atoms with Crippen LogP contribution >= 0.6 is 0 Å². The van der Waals surface area contributed by atoms with Gasteiger partial charge in [0.05, 0.1) is 7.11 Å². The van der Waals surface area contributed by atoms with Crippen molar-refractivity contribution in [3.05, 3.63) is 28.8 Å².